The number of esters is 2. The average molecular weight is 597 g/mol. The van der Waals surface area contributed by atoms with Gasteiger partial charge in [-0.05, 0) is 37.7 Å². The van der Waals surface area contributed by atoms with Crippen LogP contribution in [0.15, 0.2) is 40.0 Å². The summed E-state index contributed by atoms with van der Waals surface area (Å²) < 4.78 is 44.0. The number of aliphatic imine (C=N–C) groups is 1. The largest absolute Gasteiger partial charge is 0.466 e. The van der Waals surface area contributed by atoms with Gasteiger partial charge in [0, 0.05) is 49.5 Å². The van der Waals surface area contributed by atoms with Crippen LogP contribution in [-0.2, 0) is 23.8 Å². The zero-order chi connectivity index (χ0) is 28.8. The molecule has 2 N–H and O–H groups in total. The van der Waals surface area contributed by atoms with Gasteiger partial charge in [0.2, 0.25) is 0 Å². The van der Waals surface area contributed by atoms with Gasteiger partial charge in [-0.1, -0.05) is 17.7 Å². The Morgan fingerprint density at radius 2 is 1.98 bits per heavy atom. The molecule has 0 amide bonds. The number of amidine groups is 1. The predicted octanol–water partition coefficient (Wildman–Crippen LogP) is 4.32. The molecule has 1 aromatic carbocycles. The maximum absolute atomic E-state index is 14.5. The molecule has 1 saturated carbocycles. The van der Waals surface area contributed by atoms with Crippen molar-refractivity contribution in [3.8, 4) is 0 Å². The molecular weight excluding hydrogens is 566 g/mol. The fraction of sp³-hybridized carbons (Fsp3) is 0.481. The van der Waals surface area contributed by atoms with Gasteiger partial charge in [0.15, 0.2) is 22.5 Å². The number of halogens is 3. The quantitative estimate of drug-likeness (QED) is 0.308. The first-order valence-electron chi connectivity index (χ1n) is 12.8. The normalized spacial score (nSPS) is 21.9. The third-order valence-electron chi connectivity index (χ3n) is 6.93. The summed E-state index contributed by atoms with van der Waals surface area (Å²) in [7, 11) is 2.81. The lowest BCUT2D eigenvalue weighted by Crippen LogP contribution is -2.43. The Morgan fingerprint density at radius 1 is 1.23 bits per heavy atom. The average Bonchev–Trinajstić information content (AvgIpc) is 3.49. The summed E-state index contributed by atoms with van der Waals surface area (Å²) in [6.45, 7) is 2.10. The lowest BCUT2D eigenvalue weighted by Gasteiger charge is -2.35. The van der Waals surface area contributed by atoms with Crippen LogP contribution in [0.2, 0.25) is 5.02 Å². The van der Waals surface area contributed by atoms with E-state index in [-0.39, 0.29) is 35.7 Å². The van der Waals surface area contributed by atoms with Crippen molar-refractivity contribution in [3.05, 3.63) is 62.2 Å². The number of ether oxygens (including phenoxy) is 3. The van der Waals surface area contributed by atoms with Crippen molar-refractivity contribution in [2.24, 2.45) is 10.9 Å². The predicted molar refractivity (Wildman–Crippen MR) is 146 cm³/mol. The van der Waals surface area contributed by atoms with Gasteiger partial charge in [-0.15, -0.1) is 11.3 Å². The van der Waals surface area contributed by atoms with E-state index in [4.69, 9.17) is 25.8 Å². The number of carbonyl (C=O) groups excluding carboxylic acids is 2. The molecule has 1 fully saturated rings. The molecule has 1 aromatic heterocycles. The Kier molecular flexibility index (Phi) is 10.2. The summed E-state index contributed by atoms with van der Waals surface area (Å²) in [4.78, 5) is 33.6. The van der Waals surface area contributed by atoms with Crippen LogP contribution in [0.3, 0.4) is 0 Å². The zero-order valence-corrected chi connectivity index (χ0v) is 23.9. The van der Waals surface area contributed by atoms with E-state index in [9.17, 15) is 18.4 Å². The van der Waals surface area contributed by atoms with Crippen molar-refractivity contribution in [1.82, 2.24) is 15.6 Å². The fourth-order valence-corrected chi connectivity index (χ4v) is 5.93. The van der Waals surface area contributed by atoms with Crippen molar-refractivity contribution >= 4 is 40.7 Å². The van der Waals surface area contributed by atoms with Crippen molar-refractivity contribution in [2.45, 2.75) is 50.8 Å². The van der Waals surface area contributed by atoms with Crippen molar-refractivity contribution in [1.29, 1.82) is 0 Å². The van der Waals surface area contributed by atoms with Gasteiger partial charge in [-0.3, -0.25) is 9.79 Å². The van der Waals surface area contributed by atoms with Gasteiger partial charge in [-0.25, -0.2) is 18.6 Å². The fourth-order valence-electron chi connectivity index (χ4n) is 5.09. The Hall–Kier alpha value is -2.93. The third-order valence-corrected chi connectivity index (χ3v) is 8.09. The summed E-state index contributed by atoms with van der Waals surface area (Å²) in [5.41, 5.74) is 0.953. The smallest absolute Gasteiger partial charge is 0.338 e. The number of nitrogens with zero attached hydrogens (tertiary/aromatic N) is 2. The molecule has 216 valence electrons. The molecule has 40 heavy (non-hydrogen) atoms. The SMILES string of the molecule is COC[C@H](CNC1CCC(C2=C(C(=O)OC)C(c3ccc(F)c(F)c3Cl)N=C(c3nccs3)N2)CC1)OC(C)=O. The first-order chi connectivity index (χ1) is 19.2. The zero-order valence-electron chi connectivity index (χ0n) is 22.3. The highest BCUT2D eigenvalue weighted by Crippen LogP contribution is 2.41. The van der Waals surface area contributed by atoms with Crippen molar-refractivity contribution < 1.29 is 32.6 Å². The van der Waals surface area contributed by atoms with Crippen molar-refractivity contribution in [3.63, 3.8) is 0 Å². The molecule has 2 aromatic rings. The van der Waals surface area contributed by atoms with Gasteiger partial charge in [0.25, 0.3) is 0 Å². The first-order valence-corrected chi connectivity index (χ1v) is 14.1. The van der Waals surface area contributed by atoms with Crippen LogP contribution < -0.4 is 10.6 Å². The van der Waals surface area contributed by atoms with Crippen LogP contribution in [-0.4, -0.2) is 62.3 Å². The first kappa shape index (κ1) is 30.0. The molecule has 2 heterocycles. The lowest BCUT2D eigenvalue weighted by molar-refractivity contribution is -0.148. The van der Waals surface area contributed by atoms with Crippen LogP contribution >= 0.6 is 22.9 Å². The number of rotatable bonds is 10. The molecule has 4 rings (SSSR count). The van der Waals surface area contributed by atoms with E-state index in [0.717, 1.165) is 18.9 Å². The molecule has 0 radical (unpaired) electrons. The second-order valence-corrected chi connectivity index (χ2v) is 10.8. The van der Waals surface area contributed by atoms with Gasteiger partial charge < -0.3 is 24.8 Å². The van der Waals surface area contributed by atoms with E-state index in [2.05, 4.69) is 20.6 Å². The number of carbonyl (C=O) groups is 2. The van der Waals surface area contributed by atoms with Crippen LogP contribution in [0.25, 0.3) is 0 Å². The molecular formula is C27H31ClF2N4O5S. The van der Waals surface area contributed by atoms with Crippen LogP contribution in [0, 0.1) is 17.6 Å². The highest BCUT2D eigenvalue weighted by Gasteiger charge is 2.38. The minimum atomic E-state index is -1.21. The Balaban J connectivity index is 1.62. The molecule has 9 nitrogen and oxygen atoms in total. The van der Waals surface area contributed by atoms with E-state index in [1.807, 2.05) is 0 Å². The summed E-state index contributed by atoms with van der Waals surface area (Å²) in [5, 5.41) is 8.69. The van der Waals surface area contributed by atoms with Gasteiger partial charge in [0.05, 0.1) is 24.3 Å². The van der Waals surface area contributed by atoms with Crippen LogP contribution in [0.1, 0.15) is 49.2 Å². The highest BCUT2D eigenvalue weighted by atomic mass is 35.5. The monoisotopic (exact) mass is 596 g/mol. The number of allylic oxidation sites excluding steroid dienone is 1. The van der Waals surface area contributed by atoms with E-state index in [0.29, 0.717) is 35.9 Å². The van der Waals surface area contributed by atoms with Gasteiger partial charge in [-0.2, -0.15) is 0 Å². The number of aromatic nitrogens is 1. The number of benzene rings is 1. The standard InChI is InChI=1S/C27H31ClF2N4O5S/c1-14(35)39-17(13-37-2)12-32-16-6-4-15(5-7-16)23-20(27(36)38-3)24(18-8-9-19(29)22(30)21(18)28)34-25(33-23)26-31-10-11-40-26/h8-11,15-17,24,32H,4-7,12-13H2,1-3H3,(H,33,34)/t15?,16?,17-,24?/m0/s1. The van der Waals surface area contributed by atoms with E-state index >= 15 is 0 Å². The second kappa shape index (κ2) is 13.6. The Labute approximate surface area is 240 Å². The van der Waals surface area contributed by atoms with Gasteiger partial charge in [0.1, 0.15) is 12.1 Å². The van der Waals surface area contributed by atoms with Crippen LogP contribution in [0.4, 0.5) is 8.78 Å². The van der Waals surface area contributed by atoms with Gasteiger partial charge >= 0.3 is 11.9 Å². The maximum atomic E-state index is 14.5. The Bertz CT molecular complexity index is 1280. The summed E-state index contributed by atoms with van der Waals surface area (Å²) in [6, 6.07) is 1.44. The number of methoxy groups -OCH3 is 2. The molecule has 2 atom stereocenters. The summed E-state index contributed by atoms with van der Waals surface area (Å²) in [5.74, 6) is -2.98. The minimum Gasteiger partial charge on any atom is -0.466 e. The topological polar surface area (TPSA) is 111 Å². The van der Waals surface area contributed by atoms with E-state index < -0.39 is 34.8 Å². The summed E-state index contributed by atoms with van der Waals surface area (Å²) >= 11 is 7.60. The highest BCUT2D eigenvalue weighted by molar-refractivity contribution is 7.11. The molecule has 0 saturated heterocycles. The number of thiazole rings is 1. The van der Waals surface area contributed by atoms with Crippen molar-refractivity contribution in [2.75, 3.05) is 27.4 Å². The number of hydrogen-bond donors (Lipinski definition) is 2. The lowest BCUT2D eigenvalue weighted by atomic mass is 9.80. The number of nitrogens with one attached hydrogen (secondary N) is 2. The molecule has 2 aliphatic rings. The molecule has 1 aliphatic heterocycles. The third kappa shape index (κ3) is 6.85. The molecule has 0 spiro atoms. The van der Waals surface area contributed by atoms with Crippen LogP contribution in [0.5, 0.6) is 0 Å². The second-order valence-electron chi connectivity index (χ2n) is 9.57. The molecule has 1 unspecified atom stereocenters. The molecule has 1 aliphatic carbocycles. The van der Waals surface area contributed by atoms with E-state index in [1.54, 1.807) is 18.7 Å². The minimum absolute atomic E-state index is 0.0765. The Morgan fingerprint density at radius 3 is 2.60 bits per heavy atom. The van der Waals surface area contributed by atoms with E-state index in [1.165, 1.54) is 31.4 Å². The summed E-state index contributed by atoms with van der Waals surface area (Å²) in [6.07, 6.45) is 4.23. The molecule has 0 bridgehead atoms. The number of hydrogen-bond acceptors (Lipinski definition) is 10. The molecule has 13 heteroatoms. The maximum Gasteiger partial charge on any atom is 0.338 e.